The molecule has 0 bridgehead atoms. The van der Waals surface area contributed by atoms with E-state index in [1.807, 2.05) is 18.2 Å². The number of hydrogen-bond donors (Lipinski definition) is 0. The Hall–Kier alpha value is -0.600. The topological polar surface area (TPSA) is 17.1 Å². The van der Waals surface area contributed by atoms with Crippen molar-refractivity contribution in [2.45, 2.75) is 0 Å². The zero-order valence-electron chi connectivity index (χ0n) is 6.13. The van der Waals surface area contributed by atoms with Crippen LogP contribution in [0.4, 0.5) is 0 Å². The zero-order chi connectivity index (χ0) is 8.97. The summed E-state index contributed by atoms with van der Waals surface area (Å²) in [5, 5.41) is 0.635. The van der Waals surface area contributed by atoms with E-state index < -0.39 is 0 Å². The molecule has 0 aliphatic carbocycles. The summed E-state index contributed by atoms with van der Waals surface area (Å²) in [6, 6.07) is 7.32. The lowest BCUT2D eigenvalue weighted by molar-refractivity contribution is -0.104. The molecule has 0 aromatic heterocycles. The second kappa shape index (κ2) is 4.43. The molecule has 0 atom stereocenters. The lowest BCUT2D eigenvalue weighted by Gasteiger charge is -1.95. The summed E-state index contributed by atoms with van der Waals surface area (Å²) in [4.78, 5) is 10.3. The van der Waals surface area contributed by atoms with E-state index in [-0.39, 0.29) is 0 Å². The van der Waals surface area contributed by atoms with Crippen molar-refractivity contribution < 1.29 is 4.79 Å². The Kier molecular flexibility index (Phi) is 3.50. The van der Waals surface area contributed by atoms with Crippen molar-refractivity contribution in [3.8, 4) is 0 Å². The summed E-state index contributed by atoms with van der Waals surface area (Å²) >= 11 is 8.93. The fourth-order valence-electron chi connectivity index (χ4n) is 0.775. The number of carbonyl (C=O) groups excluding carboxylic acids is 1. The molecule has 0 unspecified atom stereocenters. The number of allylic oxidation sites excluding steroid dienone is 1. The summed E-state index contributed by atoms with van der Waals surface area (Å²) in [6.07, 6.45) is 2.40. The maximum atomic E-state index is 10.3. The number of halogens is 2. The fourth-order valence-corrected chi connectivity index (χ4v) is 1.21. The molecule has 0 amide bonds. The number of hydrogen-bond acceptors (Lipinski definition) is 1. The summed E-state index contributed by atoms with van der Waals surface area (Å²) < 4.78 is 0.482. The molecule has 0 heterocycles. The molecule has 0 spiro atoms. The third-order valence-corrected chi connectivity index (χ3v) is 2.07. The van der Waals surface area contributed by atoms with Gasteiger partial charge in [-0.05, 0) is 33.6 Å². The third kappa shape index (κ3) is 2.47. The Morgan fingerprint density at radius 2 is 2.08 bits per heavy atom. The van der Waals surface area contributed by atoms with Gasteiger partial charge in [0.15, 0.2) is 6.29 Å². The van der Waals surface area contributed by atoms with Crippen molar-refractivity contribution in [3.63, 3.8) is 0 Å². The number of rotatable bonds is 2. The molecular weight excluding hydrogens is 239 g/mol. The summed E-state index contributed by atoms with van der Waals surface area (Å²) in [5.41, 5.74) is 0.832. The molecule has 0 aliphatic heterocycles. The van der Waals surface area contributed by atoms with Crippen LogP contribution in [-0.4, -0.2) is 6.29 Å². The van der Waals surface area contributed by atoms with E-state index in [1.54, 1.807) is 12.1 Å². The van der Waals surface area contributed by atoms with Gasteiger partial charge in [0.25, 0.3) is 0 Å². The first kappa shape index (κ1) is 9.49. The van der Waals surface area contributed by atoms with E-state index >= 15 is 0 Å². The van der Waals surface area contributed by atoms with Gasteiger partial charge in [-0.1, -0.05) is 29.8 Å². The molecule has 62 valence electrons. The smallest absolute Gasteiger partial charge is 0.157 e. The minimum absolute atomic E-state index is 0.482. The average Bonchev–Trinajstić information content (AvgIpc) is 2.09. The predicted molar refractivity (Wildman–Crippen MR) is 54.4 cm³/mol. The van der Waals surface area contributed by atoms with Crippen molar-refractivity contribution in [3.05, 3.63) is 39.3 Å². The number of aldehydes is 1. The molecule has 1 nitrogen and oxygen atoms in total. The Morgan fingerprint density at radius 3 is 2.67 bits per heavy atom. The highest BCUT2D eigenvalue weighted by atomic mass is 79.9. The molecular formula is C9H6BrClO. The molecule has 1 aromatic carbocycles. The van der Waals surface area contributed by atoms with E-state index in [4.69, 9.17) is 11.6 Å². The summed E-state index contributed by atoms with van der Waals surface area (Å²) in [6.45, 7) is 0. The van der Waals surface area contributed by atoms with Crippen molar-refractivity contribution in [1.29, 1.82) is 0 Å². The van der Waals surface area contributed by atoms with Crippen LogP contribution in [0, 0.1) is 0 Å². The van der Waals surface area contributed by atoms with Crippen LogP contribution >= 0.6 is 27.5 Å². The highest BCUT2D eigenvalue weighted by Crippen LogP contribution is 2.19. The van der Waals surface area contributed by atoms with Gasteiger partial charge in [0.1, 0.15) is 0 Å². The monoisotopic (exact) mass is 244 g/mol. The van der Waals surface area contributed by atoms with Crippen LogP contribution in [0.5, 0.6) is 0 Å². The minimum Gasteiger partial charge on any atom is -0.297 e. The van der Waals surface area contributed by atoms with Gasteiger partial charge < -0.3 is 0 Å². The molecule has 0 saturated carbocycles. The van der Waals surface area contributed by atoms with Gasteiger partial charge in [-0.25, -0.2) is 0 Å². The molecule has 1 aromatic rings. The molecule has 0 saturated heterocycles. The van der Waals surface area contributed by atoms with Gasteiger partial charge in [0.2, 0.25) is 0 Å². The molecule has 12 heavy (non-hydrogen) atoms. The zero-order valence-corrected chi connectivity index (χ0v) is 8.47. The van der Waals surface area contributed by atoms with Gasteiger partial charge in [0, 0.05) is 5.02 Å². The van der Waals surface area contributed by atoms with Gasteiger partial charge in [0.05, 0.1) is 4.48 Å². The molecule has 1 rings (SSSR count). The molecule has 3 heteroatoms. The minimum atomic E-state index is 0.482. The average molecular weight is 246 g/mol. The maximum absolute atomic E-state index is 10.3. The SMILES string of the molecule is O=C/C(Br)=C\c1ccccc1Cl. The second-order valence-electron chi connectivity index (χ2n) is 2.17. The van der Waals surface area contributed by atoms with Crippen LogP contribution in [0.1, 0.15) is 5.56 Å². The number of carbonyl (C=O) groups is 1. The van der Waals surface area contributed by atoms with Crippen LogP contribution in [0.3, 0.4) is 0 Å². The Morgan fingerprint density at radius 1 is 1.42 bits per heavy atom. The van der Waals surface area contributed by atoms with Crippen LogP contribution in [0.25, 0.3) is 6.08 Å². The van der Waals surface area contributed by atoms with Crippen molar-refractivity contribution in [2.75, 3.05) is 0 Å². The maximum Gasteiger partial charge on any atom is 0.157 e. The van der Waals surface area contributed by atoms with Crippen LogP contribution in [0.15, 0.2) is 28.7 Å². The normalized spacial score (nSPS) is 11.3. The molecule has 0 aliphatic rings. The van der Waals surface area contributed by atoms with E-state index in [1.165, 1.54) is 0 Å². The highest BCUT2D eigenvalue weighted by molar-refractivity contribution is 9.12. The quantitative estimate of drug-likeness (QED) is 0.577. The van der Waals surface area contributed by atoms with Crippen LogP contribution in [0.2, 0.25) is 5.02 Å². The van der Waals surface area contributed by atoms with Gasteiger partial charge in [-0.2, -0.15) is 0 Å². The van der Waals surface area contributed by atoms with Gasteiger partial charge in [-0.3, -0.25) is 4.79 Å². The van der Waals surface area contributed by atoms with Crippen LogP contribution in [-0.2, 0) is 4.79 Å². The third-order valence-electron chi connectivity index (χ3n) is 1.31. The van der Waals surface area contributed by atoms with E-state index in [0.29, 0.717) is 9.51 Å². The Bertz CT molecular complexity index is 320. The predicted octanol–water partition coefficient (Wildman–Crippen LogP) is 3.27. The van der Waals surface area contributed by atoms with E-state index in [9.17, 15) is 4.79 Å². The van der Waals surface area contributed by atoms with E-state index in [0.717, 1.165) is 11.8 Å². The first-order valence-corrected chi connectivity index (χ1v) is 4.48. The summed E-state index contributed by atoms with van der Waals surface area (Å²) in [5.74, 6) is 0. The molecule has 0 fully saturated rings. The first-order valence-electron chi connectivity index (χ1n) is 3.31. The van der Waals surface area contributed by atoms with E-state index in [2.05, 4.69) is 15.9 Å². The lowest BCUT2D eigenvalue weighted by Crippen LogP contribution is -1.76. The molecule has 0 radical (unpaired) electrons. The second-order valence-corrected chi connectivity index (χ2v) is 3.49. The highest BCUT2D eigenvalue weighted by Gasteiger charge is 1.95. The number of benzene rings is 1. The first-order chi connectivity index (χ1) is 5.74. The Labute approximate surface area is 84.2 Å². The standard InChI is InChI=1S/C9H6BrClO/c10-8(6-12)5-7-3-1-2-4-9(7)11/h1-6H/b8-5+. The largest absolute Gasteiger partial charge is 0.297 e. The van der Waals surface area contributed by atoms with Crippen molar-refractivity contribution >= 4 is 39.9 Å². The van der Waals surface area contributed by atoms with Crippen molar-refractivity contribution in [1.82, 2.24) is 0 Å². The van der Waals surface area contributed by atoms with Gasteiger partial charge in [-0.15, -0.1) is 0 Å². The summed E-state index contributed by atoms with van der Waals surface area (Å²) in [7, 11) is 0. The van der Waals surface area contributed by atoms with Crippen molar-refractivity contribution in [2.24, 2.45) is 0 Å². The lowest BCUT2D eigenvalue weighted by atomic mass is 10.2. The van der Waals surface area contributed by atoms with Gasteiger partial charge >= 0.3 is 0 Å². The molecule has 0 N–H and O–H groups in total. The fraction of sp³-hybridized carbons (Fsp3) is 0. The van der Waals surface area contributed by atoms with Crippen LogP contribution < -0.4 is 0 Å². The Balaban J connectivity index is 3.04.